The first-order valence-electron chi connectivity index (χ1n) is 12.0. The number of fused-ring (bicyclic) bond motifs is 1. The summed E-state index contributed by atoms with van der Waals surface area (Å²) in [5.41, 5.74) is 3.06. The largest absolute Gasteiger partial charge is 0.486 e. The van der Waals surface area contributed by atoms with Crippen LogP contribution in [0.5, 0.6) is 11.5 Å². The van der Waals surface area contributed by atoms with Crippen molar-refractivity contribution in [2.75, 3.05) is 39.4 Å². The maximum absolute atomic E-state index is 13.0. The Balaban J connectivity index is 1.30. The highest BCUT2D eigenvalue weighted by molar-refractivity contribution is 5.98. The topological polar surface area (TPSA) is 59.1 Å². The molecule has 0 bridgehead atoms. The normalized spacial score (nSPS) is 16.4. The van der Waals surface area contributed by atoms with E-state index in [9.17, 15) is 9.59 Å². The van der Waals surface area contributed by atoms with Crippen molar-refractivity contribution in [1.82, 2.24) is 9.80 Å². The predicted octanol–water partition coefficient (Wildman–Crippen LogP) is 4.10. The van der Waals surface area contributed by atoms with Gasteiger partial charge in [-0.2, -0.15) is 0 Å². The van der Waals surface area contributed by atoms with Crippen LogP contribution >= 0.6 is 0 Å². The average Bonchev–Trinajstić information content (AvgIpc) is 2.85. The molecule has 2 aliphatic rings. The number of ketones is 1. The Hall–Kier alpha value is -2.86. The second-order valence-electron chi connectivity index (χ2n) is 9.07. The molecule has 1 fully saturated rings. The number of piperidine rings is 1. The highest BCUT2D eigenvalue weighted by atomic mass is 16.6. The second-order valence-corrected chi connectivity index (χ2v) is 9.07. The molecular weight excluding hydrogens is 416 g/mol. The zero-order valence-corrected chi connectivity index (χ0v) is 19.7. The van der Waals surface area contributed by atoms with Crippen molar-refractivity contribution < 1.29 is 19.1 Å². The van der Waals surface area contributed by atoms with Crippen LogP contribution < -0.4 is 9.47 Å². The molecule has 2 aromatic rings. The molecule has 0 unspecified atom stereocenters. The average molecular weight is 451 g/mol. The lowest BCUT2D eigenvalue weighted by molar-refractivity contribution is -0.133. The molecule has 6 heteroatoms. The van der Waals surface area contributed by atoms with E-state index < -0.39 is 0 Å². The van der Waals surface area contributed by atoms with Crippen molar-refractivity contribution in [2.24, 2.45) is 5.92 Å². The molecule has 0 saturated carbocycles. The van der Waals surface area contributed by atoms with Crippen LogP contribution in [0.25, 0.3) is 0 Å². The lowest BCUT2D eigenvalue weighted by atomic mass is 9.88. The second kappa shape index (κ2) is 10.8. The van der Waals surface area contributed by atoms with Crippen LogP contribution in [0.4, 0.5) is 0 Å². The van der Waals surface area contributed by atoms with E-state index in [2.05, 4.69) is 43.0 Å². The Morgan fingerprint density at radius 2 is 1.70 bits per heavy atom. The number of carbonyl (C=O) groups is 2. The predicted molar refractivity (Wildman–Crippen MR) is 128 cm³/mol. The first kappa shape index (κ1) is 23.3. The van der Waals surface area contributed by atoms with Crippen LogP contribution in [-0.2, 0) is 11.3 Å². The maximum Gasteiger partial charge on any atom is 0.237 e. The van der Waals surface area contributed by atoms with Gasteiger partial charge in [0.15, 0.2) is 17.3 Å². The number of likely N-dealkylation sites (tertiary alicyclic amines) is 1. The van der Waals surface area contributed by atoms with Crippen molar-refractivity contribution in [1.29, 1.82) is 0 Å². The third-order valence-corrected chi connectivity index (χ3v) is 6.48. The summed E-state index contributed by atoms with van der Waals surface area (Å²) in [6, 6.07) is 13.8. The van der Waals surface area contributed by atoms with E-state index >= 15 is 0 Å². The van der Waals surface area contributed by atoms with Gasteiger partial charge in [-0.15, -0.1) is 0 Å². The monoisotopic (exact) mass is 450 g/mol. The molecule has 0 N–H and O–H groups in total. The van der Waals surface area contributed by atoms with Gasteiger partial charge >= 0.3 is 0 Å². The number of amides is 1. The Labute approximate surface area is 196 Å². The Morgan fingerprint density at radius 3 is 2.39 bits per heavy atom. The highest BCUT2D eigenvalue weighted by Gasteiger charge is 2.28. The minimum Gasteiger partial charge on any atom is -0.486 e. The smallest absolute Gasteiger partial charge is 0.237 e. The fourth-order valence-corrected chi connectivity index (χ4v) is 4.55. The van der Waals surface area contributed by atoms with E-state index in [4.69, 9.17) is 9.47 Å². The van der Waals surface area contributed by atoms with Crippen LogP contribution in [0.3, 0.4) is 0 Å². The Kier molecular flexibility index (Phi) is 7.65. The minimum atomic E-state index is -0.0155. The van der Waals surface area contributed by atoms with Crippen LogP contribution in [0, 0.1) is 12.8 Å². The number of hydrogen-bond donors (Lipinski definition) is 0. The van der Waals surface area contributed by atoms with Gasteiger partial charge in [-0.25, -0.2) is 0 Å². The van der Waals surface area contributed by atoms with E-state index in [1.165, 1.54) is 5.56 Å². The van der Waals surface area contributed by atoms with Crippen molar-refractivity contribution in [2.45, 2.75) is 39.7 Å². The summed E-state index contributed by atoms with van der Waals surface area (Å²) in [4.78, 5) is 30.2. The highest BCUT2D eigenvalue weighted by Crippen LogP contribution is 2.32. The molecule has 6 nitrogen and oxygen atoms in total. The molecule has 0 aliphatic carbocycles. The first-order chi connectivity index (χ1) is 16.0. The summed E-state index contributed by atoms with van der Waals surface area (Å²) in [5, 5.41) is 0. The first-order valence-corrected chi connectivity index (χ1v) is 12.0. The molecule has 1 saturated heterocycles. The number of nitrogens with zero attached hydrogens (tertiary/aromatic N) is 2. The van der Waals surface area contributed by atoms with Gasteiger partial charge in [0.05, 0.1) is 6.54 Å². The van der Waals surface area contributed by atoms with Gasteiger partial charge in [-0.05, 0) is 63.0 Å². The Morgan fingerprint density at radius 1 is 1.00 bits per heavy atom. The molecular formula is C27H34N2O4. The molecule has 0 aromatic heterocycles. The van der Waals surface area contributed by atoms with Gasteiger partial charge < -0.3 is 14.4 Å². The summed E-state index contributed by atoms with van der Waals surface area (Å²) in [5.74, 6) is 1.66. The number of ether oxygens (including phenoxy) is 2. The zero-order chi connectivity index (χ0) is 23.2. The standard InChI is InChI=1S/C27H34N2O4/c1-3-12-29(18-21-6-4-20(2)5-7-21)26(30)19-28-13-10-22(11-14-28)27(31)23-8-9-24-25(17-23)33-16-15-32-24/h4-9,17,22H,3,10-16,18-19H2,1-2H3. The fraction of sp³-hybridized carbons (Fsp3) is 0.481. The summed E-state index contributed by atoms with van der Waals surface area (Å²) >= 11 is 0. The molecule has 0 radical (unpaired) electrons. The fourth-order valence-electron chi connectivity index (χ4n) is 4.55. The van der Waals surface area contributed by atoms with Crippen LogP contribution in [-0.4, -0.2) is 60.9 Å². The maximum atomic E-state index is 13.0. The molecule has 2 heterocycles. The number of aryl methyl sites for hydroxylation is 1. The van der Waals surface area contributed by atoms with Crippen LogP contribution in [0.1, 0.15) is 47.7 Å². The Bertz CT molecular complexity index is 965. The number of benzene rings is 2. The molecule has 0 atom stereocenters. The minimum absolute atomic E-state index is 0.0155. The van der Waals surface area contributed by atoms with Crippen molar-refractivity contribution >= 4 is 11.7 Å². The van der Waals surface area contributed by atoms with E-state index in [0.29, 0.717) is 43.4 Å². The molecule has 0 spiro atoms. The molecule has 4 rings (SSSR count). The molecule has 2 aliphatic heterocycles. The quantitative estimate of drug-likeness (QED) is 0.567. The summed E-state index contributed by atoms with van der Waals surface area (Å²) in [6.45, 7) is 8.56. The molecule has 176 valence electrons. The SMILES string of the molecule is CCCN(Cc1ccc(C)cc1)C(=O)CN1CCC(C(=O)c2ccc3c(c2)OCCO3)CC1. The van der Waals surface area contributed by atoms with Gasteiger partial charge in [0.1, 0.15) is 13.2 Å². The van der Waals surface area contributed by atoms with Crippen LogP contribution in [0.2, 0.25) is 0 Å². The van der Waals surface area contributed by atoms with Gasteiger partial charge in [-0.1, -0.05) is 36.8 Å². The number of hydrogen-bond acceptors (Lipinski definition) is 5. The van der Waals surface area contributed by atoms with Crippen LogP contribution in [0.15, 0.2) is 42.5 Å². The van der Waals surface area contributed by atoms with Crippen molar-refractivity contribution in [3.05, 3.63) is 59.2 Å². The number of rotatable bonds is 8. The van der Waals surface area contributed by atoms with E-state index in [-0.39, 0.29) is 17.6 Å². The third-order valence-electron chi connectivity index (χ3n) is 6.48. The third kappa shape index (κ3) is 5.93. The lowest BCUT2D eigenvalue weighted by Crippen LogP contribution is -2.44. The van der Waals surface area contributed by atoms with Gasteiger partial charge in [0, 0.05) is 24.6 Å². The molecule has 2 aromatic carbocycles. The zero-order valence-electron chi connectivity index (χ0n) is 19.7. The number of carbonyl (C=O) groups excluding carboxylic acids is 2. The van der Waals surface area contributed by atoms with Crippen molar-refractivity contribution in [3.8, 4) is 11.5 Å². The van der Waals surface area contributed by atoms with E-state index in [1.807, 2.05) is 17.0 Å². The van der Waals surface area contributed by atoms with Gasteiger partial charge in [-0.3, -0.25) is 14.5 Å². The molecule has 33 heavy (non-hydrogen) atoms. The van der Waals surface area contributed by atoms with E-state index in [1.54, 1.807) is 6.07 Å². The summed E-state index contributed by atoms with van der Waals surface area (Å²) in [6.07, 6.45) is 2.47. The summed E-state index contributed by atoms with van der Waals surface area (Å²) < 4.78 is 11.2. The number of Topliss-reactive ketones (excluding diaryl/α,β-unsaturated/α-hetero) is 1. The van der Waals surface area contributed by atoms with Crippen molar-refractivity contribution in [3.63, 3.8) is 0 Å². The van der Waals surface area contributed by atoms with E-state index in [0.717, 1.165) is 44.5 Å². The van der Waals surface area contributed by atoms with Gasteiger partial charge in [0.2, 0.25) is 5.91 Å². The molecule has 1 amide bonds. The lowest BCUT2D eigenvalue weighted by Gasteiger charge is -2.33. The van der Waals surface area contributed by atoms with Gasteiger partial charge in [0.25, 0.3) is 0 Å². The summed E-state index contributed by atoms with van der Waals surface area (Å²) in [7, 11) is 0.